The number of hydrogen-bond acceptors (Lipinski definition) is 12. The van der Waals surface area contributed by atoms with Crippen molar-refractivity contribution in [2.75, 3.05) is 0 Å². The highest BCUT2D eigenvalue weighted by Crippen LogP contribution is 2.15. The SMILES string of the molecule is CC[C@H](C)[C@H](N)C(=O)N[C@@H](CC(C)C)C(=O)N[C@@H](CC(C)C)C(=O)N[C@@H](CC(C)C)C(=O)N[C@@H](CC(=O)O)C(=O)N[C@@H](CCC(N)=O)C(=O)N[C@H](C(=O)N[C@@H](CC(C)C)C(=O)N[C@H](C(=O)O)C(C)C)C(C)C. The summed E-state index contributed by atoms with van der Waals surface area (Å²) in [4.78, 5) is 146. The molecular formula is C49H88N10O13. The van der Waals surface area contributed by atoms with E-state index >= 15 is 0 Å². The second-order valence-corrected chi connectivity index (χ2v) is 21.2. The average Bonchev–Trinajstić information content (AvgIpc) is 3.25. The van der Waals surface area contributed by atoms with Gasteiger partial charge < -0.3 is 64.2 Å². The molecule has 0 aromatic heterocycles. The molecule has 23 nitrogen and oxygen atoms in total. The molecule has 0 aliphatic heterocycles. The van der Waals surface area contributed by atoms with E-state index in [1.807, 2.05) is 41.5 Å². The van der Waals surface area contributed by atoms with Crippen LogP contribution >= 0.6 is 0 Å². The Balaban J connectivity index is 6.72. The normalized spacial score (nSPS) is 15.7. The Labute approximate surface area is 425 Å². The molecule has 0 aliphatic carbocycles. The number of amides is 9. The van der Waals surface area contributed by atoms with Crippen molar-refractivity contribution in [3.8, 4) is 0 Å². The highest BCUT2D eigenvalue weighted by Gasteiger charge is 2.37. The Morgan fingerprint density at radius 3 is 1.06 bits per heavy atom. The lowest BCUT2D eigenvalue weighted by atomic mass is 9.97. The number of hydrogen-bond donors (Lipinski definition) is 12. The van der Waals surface area contributed by atoms with Crippen LogP contribution in [0.25, 0.3) is 0 Å². The average molecular weight is 1030 g/mol. The molecule has 0 unspecified atom stereocenters. The van der Waals surface area contributed by atoms with E-state index in [0.29, 0.717) is 6.42 Å². The quantitative estimate of drug-likeness (QED) is 0.0419. The first-order valence-corrected chi connectivity index (χ1v) is 25.1. The van der Waals surface area contributed by atoms with Crippen molar-refractivity contribution in [1.82, 2.24) is 42.5 Å². The van der Waals surface area contributed by atoms with E-state index in [0.717, 1.165) is 0 Å². The number of carboxylic acid groups (broad SMARTS) is 2. The number of nitrogens with one attached hydrogen (secondary N) is 8. The summed E-state index contributed by atoms with van der Waals surface area (Å²) < 4.78 is 0. The van der Waals surface area contributed by atoms with Crippen molar-refractivity contribution in [3.63, 3.8) is 0 Å². The number of carbonyl (C=O) groups is 11. The van der Waals surface area contributed by atoms with E-state index in [-0.39, 0.29) is 55.3 Å². The van der Waals surface area contributed by atoms with Crippen molar-refractivity contribution in [1.29, 1.82) is 0 Å². The van der Waals surface area contributed by atoms with Gasteiger partial charge in [0.15, 0.2) is 0 Å². The van der Waals surface area contributed by atoms with Crippen LogP contribution in [-0.4, -0.2) is 130 Å². The Bertz CT molecular complexity index is 1860. The van der Waals surface area contributed by atoms with Gasteiger partial charge >= 0.3 is 11.9 Å². The Morgan fingerprint density at radius 1 is 0.417 bits per heavy atom. The topological polar surface area (TPSA) is 377 Å². The molecule has 0 radical (unpaired) electrons. The van der Waals surface area contributed by atoms with Crippen LogP contribution in [0.2, 0.25) is 0 Å². The second-order valence-electron chi connectivity index (χ2n) is 21.2. The van der Waals surface area contributed by atoms with Crippen LogP contribution in [0.4, 0.5) is 0 Å². The lowest BCUT2D eigenvalue weighted by Gasteiger charge is -2.29. The van der Waals surface area contributed by atoms with E-state index in [4.69, 9.17) is 11.5 Å². The lowest BCUT2D eigenvalue weighted by molar-refractivity contribution is -0.144. The molecule has 0 fully saturated rings. The summed E-state index contributed by atoms with van der Waals surface area (Å²) in [6, 6.07) is -11.9. The lowest BCUT2D eigenvalue weighted by Crippen LogP contribution is -2.61. The Morgan fingerprint density at radius 2 is 0.722 bits per heavy atom. The van der Waals surface area contributed by atoms with Crippen LogP contribution in [0, 0.1) is 41.4 Å². The molecular weight excluding hydrogens is 937 g/mol. The van der Waals surface area contributed by atoms with Gasteiger partial charge in [0.05, 0.1) is 12.5 Å². The molecule has 72 heavy (non-hydrogen) atoms. The fourth-order valence-electron chi connectivity index (χ4n) is 7.44. The van der Waals surface area contributed by atoms with Gasteiger partial charge in [0.1, 0.15) is 48.3 Å². The van der Waals surface area contributed by atoms with Gasteiger partial charge in [-0.15, -0.1) is 0 Å². The summed E-state index contributed by atoms with van der Waals surface area (Å²) in [5.41, 5.74) is 11.5. The summed E-state index contributed by atoms with van der Waals surface area (Å²) in [6.07, 6.45) is -0.857. The molecule has 0 aromatic carbocycles. The molecule has 23 heteroatoms. The van der Waals surface area contributed by atoms with Gasteiger partial charge in [0.2, 0.25) is 53.2 Å². The van der Waals surface area contributed by atoms with Crippen molar-refractivity contribution in [2.45, 2.75) is 203 Å². The smallest absolute Gasteiger partial charge is 0.326 e. The number of aliphatic carboxylic acids is 2. The Hall–Kier alpha value is -5.87. The molecule has 0 rings (SSSR count). The molecule has 10 atom stereocenters. The van der Waals surface area contributed by atoms with Crippen LogP contribution in [0.5, 0.6) is 0 Å². The maximum Gasteiger partial charge on any atom is 0.326 e. The molecule has 0 saturated heterocycles. The Kier molecular flexibility index (Phi) is 29.6. The first-order valence-electron chi connectivity index (χ1n) is 25.1. The summed E-state index contributed by atoms with van der Waals surface area (Å²) in [6.45, 7) is 24.5. The van der Waals surface area contributed by atoms with E-state index in [1.54, 1.807) is 55.4 Å². The fourth-order valence-corrected chi connectivity index (χ4v) is 7.44. The van der Waals surface area contributed by atoms with Gasteiger partial charge in [-0.25, -0.2) is 4.79 Å². The monoisotopic (exact) mass is 1020 g/mol. The third-order valence-electron chi connectivity index (χ3n) is 11.7. The summed E-state index contributed by atoms with van der Waals surface area (Å²) in [7, 11) is 0. The molecule has 0 spiro atoms. The number of rotatable bonds is 34. The number of carboxylic acids is 2. The van der Waals surface area contributed by atoms with Crippen molar-refractivity contribution in [2.24, 2.45) is 52.9 Å². The third kappa shape index (κ3) is 25.0. The van der Waals surface area contributed by atoms with Crippen LogP contribution in [-0.2, 0) is 52.7 Å². The van der Waals surface area contributed by atoms with Crippen molar-refractivity contribution < 1.29 is 63.0 Å². The molecule has 0 aromatic rings. The minimum Gasteiger partial charge on any atom is -0.481 e. The van der Waals surface area contributed by atoms with E-state index in [1.165, 1.54) is 0 Å². The van der Waals surface area contributed by atoms with Crippen LogP contribution in [0.3, 0.4) is 0 Å². The van der Waals surface area contributed by atoms with Crippen LogP contribution in [0.15, 0.2) is 0 Å². The predicted octanol–water partition coefficient (Wildman–Crippen LogP) is 0.559. The largest absolute Gasteiger partial charge is 0.481 e. The van der Waals surface area contributed by atoms with Gasteiger partial charge in [-0.2, -0.15) is 0 Å². The van der Waals surface area contributed by atoms with Crippen LogP contribution < -0.4 is 54.0 Å². The fraction of sp³-hybridized carbons (Fsp3) is 0.776. The summed E-state index contributed by atoms with van der Waals surface area (Å²) in [5, 5.41) is 39.9. The van der Waals surface area contributed by atoms with Gasteiger partial charge in [-0.3, -0.25) is 47.9 Å². The highest BCUT2D eigenvalue weighted by molar-refractivity contribution is 5.99. The van der Waals surface area contributed by atoms with Gasteiger partial charge in [0.25, 0.3) is 0 Å². The highest BCUT2D eigenvalue weighted by atomic mass is 16.4. The van der Waals surface area contributed by atoms with E-state index < -0.39 is 151 Å². The molecule has 0 heterocycles. The number of nitrogens with two attached hydrogens (primary N) is 2. The van der Waals surface area contributed by atoms with Crippen molar-refractivity contribution in [3.05, 3.63) is 0 Å². The summed E-state index contributed by atoms with van der Waals surface area (Å²) >= 11 is 0. The minimum absolute atomic E-state index is 0.0132. The molecule has 0 saturated carbocycles. The minimum atomic E-state index is -1.86. The number of carbonyl (C=O) groups excluding carboxylic acids is 9. The zero-order valence-electron chi connectivity index (χ0n) is 44.9. The third-order valence-corrected chi connectivity index (χ3v) is 11.7. The van der Waals surface area contributed by atoms with Crippen LogP contribution in [0.1, 0.15) is 148 Å². The first-order chi connectivity index (χ1) is 33.2. The standard InChI is InChI=1S/C49H88N10O13/c1-15-29(14)38(51)47(69)56-33(20-25(6)7)44(66)54-31(18-23(2)3)42(64)53-32(19-24(4)5)43(65)55-35(22-37(61)62)45(67)52-30(16-17-36(50)60)41(63)58-39(27(10)11)48(70)57-34(21-26(8)9)46(68)59-40(28(12)13)49(71)72/h23-35,38-40H,15-22,51H2,1-14H3,(H2,50,60)(H,52,67)(H,53,64)(H,54,66)(H,55,65)(H,56,69)(H,57,70)(H,58,63)(H,59,68)(H,61,62)(H,71,72)/t29-,30-,31-,32-,33-,34-,35-,38-,39-,40-/m0/s1. The molecule has 0 aliphatic rings. The maximum atomic E-state index is 14.0. The zero-order chi connectivity index (χ0) is 55.9. The number of primary amides is 1. The van der Waals surface area contributed by atoms with Gasteiger partial charge in [-0.1, -0.05) is 103 Å². The molecule has 0 bridgehead atoms. The zero-order valence-corrected chi connectivity index (χ0v) is 44.9. The van der Waals surface area contributed by atoms with Crippen molar-refractivity contribution >= 4 is 65.1 Å². The maximum absolute atomic E-state index is 14.0. The first kappa shape index (κ1) is 66.1. The van der Waals surface area contributed by atoms with Gasteiger partial charge in [-0.05, 0) is 73.5 Å². The van der Waals surface area contributed by atoms with E-state index in [2.05, 4.69) is 42.5 Å². The molecule has 14 N–H and O–H groups in total. The summed E-state index contributed by atoms with van der Waals surface area (Å²) in [5.74, 6) is -12.3. The van der Waals surface area contributed by atoms with E-state index in [9.17, 15) is 63.0 Å². The van der Waals surface area contributed by atoms with Gasteiger partial charge in [0, 0.05) is 6.42 Å². The predicted molar refractivity (Wildman–Crippen MR) is 269 cm³/mol. The second kappa shape index (κ2) is 32.3. The molecule has 412 valence electrons. The molecule has 9 amide bonds.